The molecule has 1 saturated heterocycles. The van der Waals surface area contributed by atoms with Crippen molar-refractivity contribution in [2.24, 2.45) is 0 Å². The van der Waals surface area contributed by atoms with Gasteiger partial charge in [0, 0.05) is 37.9 Å². The van der Waals surface area contributed by atoms with E-state index in [2.05, 4.69) is 15.7 Å². The summed E-state index contributed by atoms with van der Waals surface area (Å²) >= 11 is 0. The summed E-state index contributed by atoms with van der Waals surface area (Å²) in [7, 11) is 0. The number of hydrogen-bond acceptors (Lipinski definition) is 4. The number of piperazine rings is 1. The van der Waals surface area contributed by atoms with E-state index in [0.717, 1.165) is 25.9 Å². The van der Waals surface area contributed by atoms with Crippen LogP contribution in [-0.4, -0.2) is 58.2 Å². The summed E-state index contributed by atoms with van der Waals surface area (Å²) in [6.07, 6.45) is 9.01. The molecule has 0 spiro atoms. The van der Waals surface area contributed by atoms with Crippen LogP contribution in [-0.2, 0) is 11.3 Å². The van der Waals surface area contributed by atoms with E-state index in [-0.39, 0.29) is 36.8 Å². The minimum atomic E-state index is -0.0282. The molecule has 2 aliphatic rings. The highest BCUT2D eigenvalue weighted by molar-refractivity contribution is 5.94. The minimum Gasteiger partial charge on any atom is -0.352 e. The Hall–Kier alpha value is -1.60. The SMILES string of the molecule is CC1CNCCN1C(=O)c1cnn(CC(=O)NC2CCCCC2)c1.Cl. The maximum atomic E-state index is 12.6. The average molecular weight is 370 g/mol. The fourth-order valence-corrected chi connectivity index (χ4v) is 3.54. The zero-order chi connectivity index (χ0) is 16.9. The number of rotatable bonds is 4. The van der Waals surface area contributed by atoms with E-state index in [9.17, 15) is 9.59 Å². The van der Waals surface area contributed by atoms with Gasteiger partial charge in [0.15, 0.2) is 0 Å². The predicted molar refractivity (Wildman–Crippen MR) is 97.9 cm³/mol. The predicted octanol–water partition coefficient (Wildman–Crippen LogP) is 1.19. The van der Waals surface area contributed by atoms with Crippen molar-refractivity contribution in [1.82, 2.24) is 25.3 Å². The Labute approximate surface area is 154 Å². The van der Waals surface area contributed by atoms with Crippen LogP contribution < -0.4 is 10.6 Å². The fourth-order valence-electron chi connectivity index (χ4n) is 3.54. The average Bonchev–Trinajstić information content (AvgIpc) is 3.04. The van der Waals surface area contributed by atoms with E-state index >= 15 is 0 Å². The molecule has 2 heterocycles. The molecule has 1 aliphatic heterocycles. The van der Waals surface area contributed by atoms with Crippen LogP contribution in [0.4, 0.5) is 0 Å². The Morgan fingerprint density at radius 3 is 2.80 bits per heavy atom. The Bertz CT molecular complexity index is 585. The van der Waals surface area contributed by atoms with Crippen molar-refractivity contribution in [3.63, 3.8) is 0 Å². The van der Waals surface area contributed by atoms with Crippen LogP contribution in [0, 0.1) is 0 Å². The molecule has 3 rings (SSSR count). The minimum absolute atomic E-state index is 0. The molecule has 1 aromatic heterocycles. The summed E-state index contributed by atoms with van der Waals surface area (Å²) < 4.78 is 1.55. The van der Waals surface area contributed by atoms with Crippen LogP contribution >= 0.6 is 12.4 Å². The maximum Gasteiger partial charge on any atom is 0.257 e. The third kappa shape index (κ3) is 5.19. The molecule has 1 unspecified atom stereocenters. The number of halogens is 1. The summed E-state index contributed by atoms with van der Waals surface area (Å²) in [5.41, 5.74) is 0.550. The normalized spacial score (nSPS) is 21.5. The Kier molecular flexibility index (Phi) is 7.25. The van der Waals surface area contributed by atoms with Gasteiger partial charge in [0.1, 0.15) is 6.54 Å². The van der Waals surface area contributed by atoms with Crippen molar-refractivity contribution in [2.75, 3.05) is 19.6 Å². The number of nitrogens with zero attached hydrogens (tertiary/aromatic N) is 3. The molecular weight excluding hydrogens is 342 g/mol. The van der Waals surface area contributed by atoms with Crippen LogP contribution in [0.15, 0.2) is 12.4 Å². The van der Waals surface area contributed by atoms with Crippen molar-refractivity contribution in [3.05, 3.63) is 18.0 Å². The van der Waals surface area contributed by atoms with Crippen LogP contribution in [0.25, 0.3) is 0 Å². The standard InChI is InChI=1S/C17H27N5O2.ClH/c1-13-9-18-7-8-22(13)17(24)14-10-19-21(11-14)12-16(23)20-15-5-3-2-4-6-15;/h10-11,13,15,18H,2-9,12H2,1H3,(H,20,23);1H. The topological polar surface area (TPSA) is 79.3 Å². The number of hydrogen-bond donors (Lipinski definition) is 2. The quantitative estimate of drug-likeness (QED) is 0.835. The maximum absolute atomic E-state index is 12.6. The second kappa shape index (κ2) is 9.20. The summed E-state index contributed by atoms with van der Waals surface area (Å²) in [4.78, 5) is 26.6. The van der Waals surface area contributed by atoms with Crippen molar-refractivity contribution in [1.29, 1.82) is 0 Å². The Morgan fingerprint density at radius 1 is 1.32 bits per heavy atom. The molecule has 2 fully saturated rings. The van der Waals surface area contributed by atoms with E-state index in [1.165, 1.54) is 19.3 Å². The van der Waals surface area contributed by atoms with E-state index in [1.807, 2.05) is 11.8 Å². The molecule has 2 N–H and O–H groups in total. The second-order valence-electron chi connectivity index (χ2n) is 6.88. The lowest BCUT2D eigenvalue weighted by molar-refractivity contribution is -0.122. The van der Waals surface area contributed by atoms with Gasteiger partial charge in [-0.05, 0) is 19.8 Å². The largest absolute Gasteiger partial charge is 0.352 e. The first kappa shape index (κ1) is 19.7. The number of nitrogens with one attached hydrogen (secondary N) is 2. The third-order valence-corrected chi connectivity index (χ3v) is 4.92. The van der Waals surface area contributed by atoms with Crippen molar-refractivity contribution < 1.29 is 9.59 Å². The van der Waals surface area contributed by atoms with Gasteiger partial charge in [-0.1, -0.05) is 19.3 Å². The van der Waals surface area contributed by atoms with Gasteiger partial charge < -0.3 is 15.5 Å². The van der Waals surface area contributed by atoms with Crippen LogP contribution in [0.5, 0.6) is 0 Å². The van der Waals surface area contributed by atoms with Gasteiger partial charge in [-0.15, -0.1) is 12.4 Å². The van der Waals surface area contributed by atoms with Crippen molar-refractivity contribution in [2.45, 2.75) is 57.7 Å². The van der Waals surface area contributed by atoms with Gasteiger partial charge in [0.05, 0.1) is 11.8 Å². The second-order valence-corrected chi connectivity index (χ2v) is 6.88. The molecular formula is C17H28ClN5O2. The lowest BCUT2D eigenvalue weighted by atomic mass is 9.95. The summed E-state index contributed by atoms with van der Waals surface area (Å²) in [5, 5.41) is 10.5. The van der Waals surface area contributed by atoms with Gasteiger partial charge in [-0.3, -0.25) is 14.3 Å². The highest BCUT2D eigenvalue weighted by Crippen LogP contribution is 2.17. The summed E-state index contributed by atoms with van der Waals surface area (Å²) in [6.45, 7) is 4.53. The first-order chi connectivity index (χ1) is 11.6. The molecule has 2 amide bonds. The van der Waals surface area contributed by atoms with Gasteiger partial charge in [-0.25, -0.2) is 0 Å². The lowest BCUT2D eigenvalue weighted by Crippen LogP contribution is -2.52. The van der Waals surface area contributed by atoms with Crippen LogP contribution in [0.3, 0.4) is 0 Å². The number of carbonyl (C=O) groups is 2. The number of carbonyl (C=O) groups excluding carboxylic acids is 2. The van der Waals surface area contributed by atoms with Crippen molar-refractivity contribution in [3.8, 4) is 0 Å². The molecule has 1 atom stereocenters. The van der Waals surface area contributed by atoms with E-state index in [1.54, 1.807) is 17.1 Å². The molecule has 8 heteroatoms. The van der Waals surface area contributed by atoms with Gasteiger partial charge in [-0.2, -0.15) is 5.10 Å². The van der Waals surface area contributed by atoms with E-state index in [0.29, 0.717) is 18.2 Å². The molecule has 1 aromatic rings. The van der Waals surface area contributed by atoms with Gasteiger partial charge in [0.2, 0.25) is 5.91 Å². The molecule has 140 valence electrons. The van der Waals surface area contributed by atoms with Crippen LogP contribution in [0.2, 0.25) is 0 Å². The Balaban J connectivity index is 0.00000225. The van der Waals surface area contributed by atoms with Gasteiger partial charge in [0.25, 0.3) is 5.91 Å². The number of aromatic nitrogens is 2. The monoisotopic (exact) mass is 369 g/mol. The van der Waals surface area contributed by atoms with Crippen LogP contribution in [0.1, 0.15) is 49.4 Å². The zero-order valence-corrected chi connectivity index (χ0v) is 15.6. The van der Waals surface area contributed by atoms with E-state index < -0.39 is 0 Å². The highest BCUT2D eigenvalue weighted by Gasteiger charge is 2.25. The molecule has 0 radical (unpaired) electrons. The smallest absolute Gasteiger partial charge is 0.257 e. The Morgan fingerprint density at radius 2 is 2.08 bits per heavy atom. The molecule has 25 heavy (non-hydrogen) atoms. The van der Waals surface area contributed by atoms with Crippen molar-refractivity contribution >= 4 is 24.2 Å². The summed E-state index contributed by atoms with van der Waals surface area (Å²) in [6, 6.07) is 0.466. The summed E-state index contributed by atoms with van der Waals surface area (Å²) in [5.74, 6) is -0.0394. The fraction of sp³-hybridized carbons (Fsp3) is 0.706. The third-order valence-electron chi connectivity index (χ3n) is 4.92. The van der Waals surface area contributed by atoms with Gasteiger partial charge >= 0.3 is 0 Å². The first-order valence-corrected chi connectivity index (χ1v) is 8.97. The van der Waals surface area contributed by atoms with E-state index in [4.69, 9.17) is 0 Å². The first-order valence-electron chi connectivity index (χ1n) is 8.97. The molecule has 0 aromatic carbocycles. The molecule has 7 nitrogen and oxygen atoms in total. The molecule has 1 aliphatic carbocycles. The lowest BCUT2D eigenvalue weighted by Gasteiger charge is -2.33. The number of amides is 2. The molecule has 1 saturated carbocycles. The molecule has 0 bridgehead atoms. The highest BCUT2D eigenvalue weighted by atomic mass is 35.5. The zero-order valence-electron chi connectivity index (χ0n) is 14.7.